The number of hydrogen-bond acceptors (Lipinski definition) is 9. The number of fused-ring (bicyclic) bond motifs is 2. The summed E-state index contributed by atoms with van der Waals surface area (Å²) in [5.74, 6) is 1.89. The van der Waals surface area contributed by atoms with Crippen LogP contribution in [0.5, 0.6) is 5.75 Å². The molecule has 184 valence electrons. The van der Waals surface area contributed by atoms with Crippen LogP contribution < -0.4 is 21.3 Å². The summed E-state index contributed by atoms with van der Waals surface area (Å²) in [6, 6.07) is 13.1. The van der Waals surface area contributed by atoms with E-state index in [0.717, 1.165) is 5.56 Å². The Hall–Kier alpha value is -4.51. The van der Waals surface area contributed by atoms with Gasteiger partial charge in [0.2, 0.25) is 5.95 Å². The molecular formula is C25H26N8O3. The molecule has 36 heavy (non-hydrogen) atoms. The molecule has 0 saturated carbocycles. The molecule has 3 aromatic heterocycles. The van der Waals surface area contributed by atoms with Crippen molar-refractivity contribution in [3.8, 4) is 11.4 Å². The van der Waals surface area contributed by atoms with Crippen molar-refractivity contribution in [2.45, 2.75) is 13.3 Å². The lowest BCUT2D eigenvalue weighted by Crippen LogP contribution is -2.26. The van der Waals surface area contributed by atoms with E-state index >= 15 is 0 Å². The molecule has 0 bridgehead atoms. The van der Waals surface area contributed by atoms with Crippen LogP contribution in [0.3, 0.4) is 0 Å². The van der Waals surface area contributed by atoms with Crippen molar-refractivity contribution >= 4 is 33.8 Å². The van der Waals surface area contributed by atoms with E-state index in [2.05, 4.69) is 25.3 Å². The summed E-state index contributed by atoms with van der Waals surface area (Å²) < 4.78 is 12.5. The van der Waals surface area contributed by atoms with Gasteiger partial charge in [-0.05, 0) is 30.7 Å². The molecule has 11 nitrogen and oxygen atoms in total. The molecule has 0 atom stereocenters. The predicted octanol–water partition coefficient (Wildman–Crippen LogP) is 2.62. The number of methoxy groups -OCH3 is 1. The zero-order valence-corrected chi connectivity index (χ0v) is 20.0. The van der Waals surface area contributed by atoms with E-state index in [1.807, 2.05) is 49.4 Å². The zero-order chi connectivity index (χ0) is 25.1. The second kappa shape index (κ2) is 10.0. The van der Waals surface area contributed by atoms with Crippen LogP contribution in [0.2, 0.25) is 0 Å². The normalized spacial score (nSPS) is 11.3. The minimum atomic E-state index is -0.136. The van der Waals surface area contributed by atoms with E-state index < -0.39 is 0 Å². The number of aromatic nitrogens is 6. The molecule has 4 N–H and O–H groups in total. The molecule has 0 spiro atoms. The second-order valence-corrected chi connectivity index (χ2v) is 8.18. The minimum absolute atomic E-state index is 0.135. The first kappa shape index (κ1) is 23.2. The van der Waals surface area contributed by atoms with Crippen molar-refractivity contribution in [1.29, 1.82) is 0 Å². The van der Waals surface area contributed by atoms with Gasteiger partial charge in [0, 0.05) is 26.1 Å². The van der Waals surface area contributed by atoms with E-state index in [9.17, 15) is 4.79 Å². The van der Waals surface area contributed by atoms with Crippen LogP contribution in [0.1, 0.15) is 11.4 Å². The molecule has 3 heterocycles. The number of nitrogens with one attached hydrogen (secondary N) is 2. The highest BCUT2D eigenvalue weighted by atomic mass is 16.5. The van der Waals surface area contributed by atoms with Crippen LogP contribution in [0.4, 0.5) is 11.8 Å². The number of rotatable bonds is 9. The molecule has 0 fully saturated rings. The van der Waals surface area contributed by atoms with Gasteiger partial charge in [-0.3, -0.25) is 9.36 Å². The summed E-state index contributed by atoms with van der Waals surface area (Å²) >= 11 is 0. The highest BCUT2D eigenvalue weighted by Gasteiger charge is 2.16. The first-order chi connectivity index (χ1) is 17.5. The summed E-state index contributed by atoms with van der Waals surface area (Å²) in [6.45, 7) is 3.22. The highest BCUT2D eigenvalue weighted by Crippen LogP contribution is 2.21. The van der Waals surface area contributed by atoms with Crippen molar-refractivity contribution in [3.05, 3.63) is 70.5 Å². The topological polar surface area (TPSA) is 146 Å². The lowest BCUT2D eigenvalue weighted by atomic mass is 10.1. The Labute approximate surface area is 206 Å². The number of nitrogen functional groups attached to an aromatic ring is 1. The van der Waals surface area contributed by atoms with E-state index in [1.165, 1.54) is 6.33 Å². The molecule has 5 rings (SSSR count). The third-order valence-corrected chi connectivity index (χ3v) is 5.74. The monoisotopic (exact) mass is 486 g/mol. The number of aromatic amines is 1. The van der Waals surface area contributed by atoms with Gasteiger partial charge in [-0.2, -0.15) is 9.97 Å². The molecule has 5 aromatic rings. The molecule has 0 radical (unpaired) electrons. The number of H-pyrrole nitrogens is 1. The fourth-order valence-electron chi connectivity index (χ4n) is 4.10. The molecule has 0 aliphatic rings. The van der Waals surface area contributed by atoms with Gasteiger partial charge in [-0.15, -0.1) is 0 Å². The average Bonchev–Trinajstić information content (AvgIpc) is 3.33. The third kappa shape index (κ3) is 4.56. The summed E-state index contributed by atoms with van der Waals surface area (Å²) in [5, 5.41) is 3.84. The average molecular weight is 487 g/mol. The largest absolute Gasteiger partial charge is 0.491 e. The molecule has 0 aliphatic carbocycles. The van der Waals surface area contributed by atoms with E-state index in [1.54, 1.807) is 11.7 Å². The van der Waals surface area contributed by atoms with Gasteiger partial charge in [-0.1, -0.05) is 18.2 Å². The number of imidazole rings is 1. The number of nitrogens with two attached hydrogens (primary N) is 1. The van der Waals surface area contributed by atoms with E-state index in [-0.39, 0.29) is 11.5 Å². The minimum Gasteiger partial charge on any atom is -0.491 e. The van der Waals surface area contributed by atoms with Crippen LogP contribution >= 0.6 is 0 Å². The Balaban J connectivity index is 1.52. The maximum Gasteiger partial charge on any atom is 0.266 e. The fraction of sp³-hybridized carbons (Fsp3) is 0.240. The molecule has 0 aliphatic heterocycles. The Morgan fingerprint density at radius 3 is 2.83 bits per heavy atom. The van der Waals surface area contributed by atoms with Crippen molar-refractivity contribution in [2.75, 3.05) is 37.9 Å². The van der Waals surface area contributed by atoms with Crippen molar-refractivity contribution < 1.29 is 9.47 Å². The first-order valence-corrected chi connectivity index (χ1v) is 11.5. The summed E-state index contributed by atoms with van der Waals surface area (Å²) in [4.78, 5) is 34.2. The highest BCUT2D eigenvalue weighted by molar-refractivity contribution is 5.83. The fourth-order valence-corrected chi connectivity index (χ4v) is 4.10. The van der Waals surface area contributed by atoms with Gasteiger partial charge in [0.05, 0.1) is 29.5 Å². The maximum absolute atomic E-state index is 13.8. The number of nitrogens with zero attached hydrogens (tertiary/aromatic N) is 5. The van der Waals surface area contributed by atoms with Gasteiger partial charge < -0.3 is 25.5 Å². The molecule has 0 amide bonds. The van der Waals surface area contributed by atoms with Crippen LogP contribution in [0.15, 0.2) is 53.6 Å². The number of anilines is 2. The maximum atomic E-state index is 13.8. The number of hydrogen-bond donors (Lipinski definition) is 3. The number of benzene rings is 2. The Bertz CT molecular complexity index is 1590. The lowest BCUT2D eigenvalue weighted by molar-refractivity contribution is 0.146. The summed E-state index contributed by atoms with van der Waals surface area (Å²) in [5.41, 5.74) is 9.02. The van der Waals surface area contributed by atoms with Crippen LogP contribution in [-0.2, 0) is 11.2 Å². The van der Waals surface area contributed by atoms with Gasteiger partial charge in [0.1, 0.15) is 23.7 Å². The smallest absolute Gasteiger partial charge is 0.266 e. The van der Waals surface area contributed by atoms with Gasteiger partial charge in [-0.25, -0.2) is 9.97 Å². The Morgan fingerprint density at radius 2 is 1.97 bits per heavy atom. The van der Waals surface area contributed by atoms with E-state index in [4.69, 9.17) is 20.2 Å². The van der Waals surface area contributed by atoms with Crippen LogP contribution in [-0.4, -0.2) is 56.4 Å². The zero-order valence-electron chi connectivity index (χ0n) is 20.0. The molecule has 0 saturated heterocycles. The van der Waals surface area contributed by atoms with E-state index in [0.29, 0.717) is 71.3 Å². The van der Waals surface area contributed by atoms with Crippen LogP contribution in [0, 0.1) is 6.92 Å². The SMILES string of the molecule is COCCOc1cccc(-n2c(CCNc3nc(N)nc4[nH]cnc34)nc3cccc(C)c3c2=O)c1. The van der Waals surface area contributed by atoms with Crippen LogP contribution in [0.25, 0.3) is 27.8 Å². The van der Waals surface area contributed by atoms with Gasteiger partial charge in [0.15, 0.2) is 11.5 Å². The van der Waals surface area contributed by atoms with Gasteiger partial charge in [0.25, 0.3) is 5.56 Å². The van der Waals surface area contributed by atoms with Gasteiger partial charge >= 0.3 is 0 Å². The number of aryl methyl sites for hydroxylation is 1. The third-order valence-electron chi connectivity index (χ3n) is 5.74. The lowest BCUT2D eigenvalue weighted by Gasteiger charge is -2.16. The summed E-state index contributed by atoms with van der Waals surface area (Å²) in [6.07, 6.45) is 1.97. The molecular weight excluding hydrogens is 460 g/mol. The quantitative estimate of drug-likeness (QED) is 0.268. The first-order valence-electron chi connectivity index (χ1n) is 11.5. The molecule has 11 heteroatoms. The Morgan fingerprint density at radius 1 is 1.11 bits per heavy atom. The second-order valence-electron chi connectivity index (χ2n) is 8.18. The number of ether oxygens (including phenoxy) is 2. The van der Waals surface area contributed by atoms with Crippen molar-refractivity contribution in [2.24, 2.45) is 0 Å². The summed E-state index contributed by atoms with van der Waals surface area (Å²) in [7, 11) is 1.62. The van der Waals surface area contributed by atoms with Crippen molar-refractivity contribution in [3.63, 3.8) is 0 Å². The molecule has 2 aromatic carbocycles. The molecule has 0 unspecified atom stereocenters. The standard InChI is InChI=1S/C25H26N8O3/c1-15-5-3-8-18-20(15)24(34)33(16-6-4-7-17(13-16)36-12-11-35-2)19(30-18)9-10-27-22-21-23(29-14-28-21)32-25(26)31-22/h3-8,13-14H,9-12H2,1-2H3,(H4,26,27,28,29,31,32). The Kier molecular flexibility index (Phi) is 6.46. The predicted molar refractivity (Wildman–Crippen MR) is 138 cm³/mol. The van der Waals surface area contributed by atoms with Crippen molar-refractivity contribution in [1.82, 2.24) is 29.5 Å².